The zero-order chi connectivity index (χ0) is 23.4. The molecule has 3 aromatic rings. The molecule has 0 bridgehead atoms. The molecule has 1 aliphatic rings. The zero-order valence-corrected chi connectivity index (χ0v) is 18.8. The van der Waals surface area contributed by atoms with Gasteiger partial charge in [0, 0.05) is 29.5 Å². The van der Waals surface area contributed by atoms with E-state index < -0.39 is 17.7 Å². The predicted octanol–water partition coefficient (Wildman–Crippen LogP) is 5.15. The van der Waals surface area contributed by atoms with Crippen LogP contribution in [0.5, 0.6) is 5.75 Å². The Bertz CT molecular complexity index is 1180. The Morgan fingerprint density at radius 3 is 2.45 bits per heavy atom. The van der Waals surface area contributed by atoms with E-state index in [4.69, 9.17) is 16.3 Å². The topological polar surface area (TPSA) is 79.7 Å². The molecular formula is C26H23ClN2O4. The van der Waals surface area contributed by atoms with Crippen LogP contribution in [0, 0.1) is 0 Å². The van der Waals surface area contributed by atoms with Crippen molar-refractivity contribution in [2.24, 2.45) is 0 Å². The number of aliphatic hydroxyl groups is 1. The lowest BCUT2D eigenvalue weighted by molar-refractivity contribution is -0.140. The summed E-state index contributed by atoms with van der Waals surface area (Å²) in [5.74, 6) is -0.977. The molecule has 4 rings (SSSR count). The molecule has 1 saturated heterocycles. The van der Waals surface area contributed by atoms with Gasteiger partial charge in [0.05, 0.1) is 18.2 Å². The van der Waals surface area contributed by atoms with Crippen LogP contribution in [0.15, 0.2) is 78.6 Å². The van der Waals surface area contributed by atoms with Gasteiger partial charge in [-0.05, 0) is 60.0 Å². The van der Waals surface area contributed by atoms with Gasteiger partial charge in [-0.15, -0.1) is 0 Å². The summed E-state index contributed by atoms with van der Waals surface area (Å²) in [6, 6.07) is 16.5. The molecule has 1 fully saturated rings. The maximum absolute atomic E-state index is 13.1. The molecule has 2 heterocycles. The first kappa shape index (κ1) is 22.6. The average molecular weight is 463 g/mol. The molecule has 0 radical (unpaired) electrons. The maximum Gasteiger partial charge on any atom is 0.295 e. The van der Waals surface area contributed by atoms with E-state index in [1.54, 1.807) is 67.0 Å². The van der Waals surface area contributed by atoms with Crippen LogP contribution < -0.4 is 4.74 Å². The van der Waals surface area contributed by atoms with Crippen molar-refractivity contribution in [3.63, 3.8) is 0 Å². The maximum atomic E-state index is 13.1. The summed E-state index contributed by atoms with van der Waals surface area (Å²) >= 11 is 6.06. The molecule has 1 aromatic heterocycles. The number of carbonyl (C=O) groups excluding carboxylic acids is 2. The second kappa shape index (κ2) is 9.88. The number of ketones is 1. The standard InChI is InChI=1S/C26H23ClN2O4/c1-2-14-33-21-11-7-19(8-12-21)24(30)22-23(18-5-9-20(27)10-6-18)29(26(32)25(22)31)16-17-4-3-13-28-15-17/h3-13,15,23,30H,2,14,16H2,1H3/b24-22+. The number of amides is 1. The molecule has 1 atom stereocenters. The molecule has 1 unspecified atom stereocenters. The Morgan fingerprint density at radius 1 is 1.09 bits per heavy atom. The summed E-state index contributed by atoms with van der Waals surface area (Å²) in [7, 11) is 0. The number of aromatic nitrogens is 1. The smallest absolute Gasteiger partial charge is 0.295 e. The first-order chi connectivity index (χ1) is 16.0. The molecule has 168 valence electrons. The molecule has 0 saturated carbocycles. The lowest BCUT2D eigenvalue weighted by Crippen LogP contribution is -2.29. The van der Waals surface area contributed by atoms with Crippen LogP contribution in [-0.2, 0) is 16.1 Å². The first-order valence-electron chi connectivity index (χ1n) is 10.7. The van der Waals surface area contributed by atoms with Crippen LogP contribution >= 0.6 is 11.6 Å². The molecule has 6 nitrogen and oxygen atoms in total. The fraction of sp³-hybridized carbons (Fsp3) is 0.192. The number of rotatable bonds is 7. The molecule has 2 aromatic carbocycles. The lowest BCUT2D eigenvalue weighted by atomic mass is 9.95. The van der Waals surface area contributed by atoms with Crippen LogP contribution in [0.2, 0.25) is 5.02 Å². The number of likely N-dealkylation sites (tertiary alicyclic amines) is 1. The zero-order valence-electron chi connectivity index (χ0n) is 18.1. The monoisotopic (exact) mass is 462 g/mol. The fourth-order valence-electron chi connectivity index (χ4n) is 3.81. The Kier molecular flexibility index (Phi) is 6.75. The minimum absolute atomic E-state index is 0.0356. The highest BCUT2D eigenvalue weighted by atomic mass is 35.5. The van der Waals surface area contributed by atoms with E-state index in [1.807, 2.05) is 13.0 Å². The van der Waals surface area contributed by atoms with Crippen LogP contribution in [0.1, 0.15) is 36.1 Å². The van der Waals surface area contributed by atoms with Crippen molar-refractivity contribution in [2.75, 3.05) is 6.61 Å². The van der Waals surface area contributed by atoms with Gasteiger partial charge in [0.15, 0.2) is 0 Å². The summed E-state index contributed by atoms with van der Waals surface area (Å²) in [5.41, 5.74) is 1.91. The Balaban J connectivity index is 1.78. The third kappa shape index (κ3) is 4.76. The second-order valence-corrected chi connectivity index (χ2v) is 8.15. The number of benzene rings is 2. The van der Waals surface area contributed by atoms with Crippen molar-refractivity contribution in [1.29, 1.82) is 0 Å². The largest absolute Gasteiger partial charge is 0.507 e. The van der Waals surface area contributed by atoms with Crippen LogP contribution in [-0.4, -0.2) is 33.3 Å². The van der Waals surface area contributed by atoms with Gasteiger partial charge >= 0.3 is 0 Å². The van der Waals surface area contributed by atoms with Gasteiger partial charge in [0.25, 0.3) is 11.7 Å². The van der Waals surface area contributed by atoms with Crippen LogP contribution in [0.4, 0.5) is 0 Å². The number of Topliss-reactive ketones (excluding diaryl/α,β-unsaturated/α-hetero) is 1. The van der Waals surface area contributed by atoms with Gasteiger partial charge in [-0.3, -0.25) is 14.6 Å². The van der Waals surface area contributed by atoms with Gasteiger partial charge < -0.3 is 14.7 Å². The van der Waals surface area contributed by atoms with E-state index in [1.165, 1.54) is 4.90 Å². The molecule has 1 aliphatic heterocycles. The molecule has 1 amide bonds. The van der Waals surface area contributed by atoms with Gasteiger partial charge in [-0.2, -0.15) is 0 Å². The molecule has 0 spiro atoms. The van der Waals surface area contributed by atoms with Gasteiger partial charge in [0.2, 0.25) is 0 Å². The Labute approximate surface area is 197 Å². The highest BCUT2D eigenvalue weighted by Crippen LogP contribution is 2.40. The Morgan fingerprint density at radius 2 is 1.82 bits per heavy atom. The van der Waals surface area contributed by atoms with E-state index in [2.05, 4.69) is 4.98 Å². The average Bonchev–Trinajstić information content (AvgIpc) is 3.08. The second-order valence-electron chi connectivity index (χ2n) is 7.71. The number of pyridine rings is 1. The molecule has 7 heteroatoms. The molecule has 1 N–H and O–H groups in total. The lowest BCUT2D eigenvalue weighted by Gasteiger charge is -2.25. The van der Waals surface area contributed by atoms with Crippen molar-refractivity contribution >= 4 is 29.1 Å². The first-order valence-corrected chi connectivity index (χ1v) is 11.0. The number of hydrogen-bond donors (Lipinski definition) is 1. The number of halogens is 1. The van der Waals surface area contributed by atoms with E-state index in [0.29, 0.717) is 28.5 Å². The molecule has 33 heavy (non-hydrogen) atoms. The quantitative estimate of drug-likeness (QED) is 0.298. The highest BCUT2D eigenvalue weighted by molar-refractivity contribution is 6.46. The van der Waals surface area contributed by atoms with Crippen LogP contribution in [0.25, 0.3) is 5.76 Å². The third-order valence-corrected chi connectivity index (χ3v) is 5.65. The predicted molar refractivity (Wildman–Crippen MR) is 126 cm³/mol. The van der Waals surface area contributed by atoms with E-state index in [-0.39, 0.29) is 17.9 Å². The molecule has 0 aliphatic carbocycles. The van der Waals surface area contributed by atoms with Crippen molar-refractivity contribution in [3.05, 3.63) is 100 Å². The number of aliphatic hydroxyl groups excluding tert-OH is 1. The van der Waals surface area contributed by atoms with E-state index >= 15 is 0 Å². The summed E-state index contributed by atoms with van der Waals surface area (Å²) in [4.78, 5) is 31.7. The van der Waals surface area contributed by atoms with Gasteiger partial charge in [0.1, 0.15) is 11.5 Å². The molecular weight excluding hydrogens is 440 g/mol. The number of hydrogen-bond acceptors (Lipinski definition) is 5. The van der Waals surface area contributed by atoms with E-state index in [9.17, 15) is 14.7 Å². The van der Waals surface area contributed by atoms with Crippen molar-refractivity contribution in [2.45, 2.75) is 25.9 Å². The summed E-state index contributed by atoms with van der Waals surface area (Å²) < 4.78 is 5.59. The minimum atomic E-state index is -0.765. The van der Waals surface area contributed by atoms with Crippen molar-refractivity contribution < 1.29 is 19.4 Å². The van der Waals surface area contributed by atoms with Crippen molar-refractivity contribution in [1.82, 2.24) is 9.88 Å². The number of carbonyl (C=O) groups is 2. The summed E-state index contributed by atoms with van der Waals surface area (Å²) in [6.45, 7) is 2.77. The van der Waals surface area contributed by atoms with Crippen LogP contribution in [0.3, 0.4) is 0 Å². The minimum Gasteiger partial charge on any atom is -0.507 e. The Hall–Kier alpha value is -3.64. The number of ether oxygens (including phenoxy) is 1. The van der Waals surface area contributed by atoms with Gasteiger partial charge in [-0.25, -0.2) is 0 Å². The fourth-order valence-corrected chi connectivity index (χ4v) is 3.93. The SMILES string of the molecule is CCCOc1ccc(/C(O)=C2\C(=O)C(=O)N(Cc3cccnc3)C2c2ccc(Cl)cc2)cc1. The normalized spacial score (nSPS) is 17.4. The summed E-state index contributed by atoms with van der Waals surface area (Å²) in [6.07, 6.45) is 4.17. The van der Waals surface area contributed by atoms with Gasteiger partial charge in [-0.1, -0.05) is 36.7 Å². The highest BCUT2D eigenvalue weighted by Gasteiger charge is 2.46. The van der Waals surface area contributed by atoms with Crippen molar-refractivity contribution in [3.8, 4) is 5.75 Å². The van der Waals surface area contributed by atoms with E-state index in [0.717, 1.165) is 12.0 Å². The summed E-state index contributed by atoms with van der Waals surface area (Å²) in [5, 5.41) is 11.7. The number of nitrogens with zero attached hydrogens (tertiary/aromatic N) is 2. The third-order valence-electron chi connectivity index (χ3n) is 5.40.